The van der Waals surface area contributed by atoms with E-state index >= 15 is 0 Å². The fourth-order valence-electron chi connectivity index (χ4n) is 8.16. The van der Waals surface area contributed by atoms with Crippen molar-refractivity contribution >= 4 is 13.7 Å². The van der Waals surface area contributed by atoms with Gasteiger partial charge >= 0.3 is 7.82 Å². The summed E-state index contributed by atoms with van der Waals surface area (Å²) in [6.07, 6.45) is 78.6. The topological polar surface area (TPSA) is 105 Å². The molecule has 0 aromatic heterocycles. The molecule has 0 bridgehead atoms. The maximum absolute atomic E-state index is 13.0. The van der Waals surface area contributed by atoms with Crippen molar-refractivity contribution in [3.05, 3.63) is 109 Å². The Morgan fingerprint density at radius 3 is 1.21 bits per heavy atom. The molecule has 0 aliphatic carbocycles. The molecule has 0 saturated carbocycles. The standard InChI is InChI=1S/C64H113N2O6P/c1-6-8-10-12-14-16-18-20-22-24-26-27-28-29-30-31-32-33-34-35-36-37-38-39-40-42-44-46-48-50-52-54-56-58-64(68)65-62(61-72-73(69,70)71-60-59-66(3,4)5)63(67)57-55-53-51-49-47-45-43-41-25-23-21-19-17-15-13-11-9-7-2/h8,10,14,16,20,22,26-27,29-30,32-33,35-36,38-39,42,44,62-63,67H,6-7,9,11-13,15,17-19,21,23-25,28,31,34,37,40-41,43,45-61H2,1-5H3,(H-,65,68,69,70)/p+1/b10-8-,16-14-,22-20-,27-26-,30-29-,33-32-,36-35-,39-38-,44-42-. The Kier molecular flexibility index (Phi) is 51.9. The first-order valence-electron chi connectivity index (χ1n) is 29.8. The van der Waals surface area contributed by atoms with Gasteiger partial charge in [-0.3, -0.25) is 13.8 Å². The molecular formula is C64H114N2O6P+. The molecule has 3 N–H and O–H groups in total. The van der Waals surface area contributed by atoms with Crippen molar-refractivity contribution in [1.29, 1.82) is 0 Å². The number of allylic oxidation sites excluding steroid dienone is 18. The molecule has 0 radical (unpaired) electrons. The minimum atomic E-state index is -4.34. The Hall–Kier alpha value is -2.84. The fraction of sp³-hybridized carbons (Fsp3) is 0.703. The van der Waals surface area contributed by atoms with E-state index in [-0.39, 0.29) is 19.1 Å². The number of phosphoric acid groups is 1. The van der Waals surface area contributed by atoms with Gasteiger partial charge in [0.2, 0.25) is 5.91 Å². The number of hydrogen-bond acceptors (Lipinski definition) is 5. The second kappa shape index (κ2) is 54.0. The van der Waals surface area contributed by atoms with Crippen LogP contribution in [0.4, 0.5) is 0 Å². The summed E-state index contributed by atoms with van der Waals surface area (Å²) in [7, 11) is 1.59. The molecule has 73 heavy (non-hydrogen) atoms. The summed E-state index contributed by atoms with van der Waals surface area (Å²) < 4.78 is 23.8. The number of aliphatic hydroxyl groups excluding tert-OH is 1. The summed E-state index contributed by atoms with van der Waals surface area (Å²) in [5.74, 6) is -0.166. The normalized spacial score (nSPS) is 14.7. The number of likely N-dealkylation sites (N-methyl/N-ethyl adjacent to an activating group) is 1. The number of phosphoric ester groups is 1. The van der Waals surface area contributed by atoms with Gasteiger partial charge in [0.25, 0.3) is 0 Å². The third-order valence-electron chi connectivity index (χ3n) is 12.8. The number of amides is 1. The van der Waals surface area contributed by atoms with Crippen LogP contribution < -0.4 is 5.32 Å². The lowest BCUT2D eigenvalue weighted by molar-refractivity contribution is -0.870. The van der Waals surface area contributed by atoms with Gasteiger partial charge in [-0.2, -0.15) is 0 Å². The van der Waals surface area contributed by atoms with Crippen LogP contribution in [0.2, 0.25) is 0 Å². The van der Waals surface area contributed by atoms with Crippen LogP contribution in [0, 0.1) is 0 Å². The zero-order chi connectivity index (χ0) is 53.5. The van der Waals surface area contributed by atoms with E-state index in [1.807, 2.05) is 21.1 Å². The molecule has 420 valence electrons. The molecule has 9 heteroatoms. The van der Waals surface area contributed by atoms with Crippen molar-refractivity contribution in [2.45, 2.75) is 251 Å². The molecule has 0 aliphatic rings. The minimum Gasteiger partial charge on any atom is -0.391 e. The Morgan fingerprint density at radius 2 is 0.822 bits per heavy atom. The van der Waals surface area contributed by atoms with Crippen LogP contribution in [0.25, 0.3) is 0 Å². The number of hydrogen-bond donors (Lipinski definition) is 3. The average molecular weight is 1040 g/mol. The lowest BCUT2D eigenvalue weighted by atomic mass is 10.0. The van der Waals surface area contributed by atoms with Crippen LogP contribution in [0.3, 0.4) is 0 Å². The zero-order valence-electron chi connectivity index (χ0n) is 47.8. The number of nitrogens with zero attached hydrogens (tertiary/aromatic N) is 1. The molecule has 3 atom stereocenters. The second-order valence-corrected chi connectivity index (χ2v) is 22.4. The lowest BCUT2D eigenvalue weighted by Gasteiger charge is -2.26. The lowest BCUT2D eigenvalue weighted by Crippen LogP contribution is -2.46. The fourth-order valence-corrected chi connectivity index (χ4v) is 8.89. The number of unbranched alkanes of at least 4 members (excludes halogenated alkanes) is 22. The van der Waals surface area contributed by atoms with Crippen molar-refractivity contribution in [3.63, 3.8) is 0 Å². The average Bonchev–Trinajstić information content (AvgIpc) is 3.35. The van der Waals surface area contributed by atoms with Crippen molar-refractivity contribution in [1.82, 2.24) is 5.32 Å². The third kappa shape index (κ3) is 56.7. The second-order valence-electron chi connectivity index (χ2n) is 21.0. The van der Waals surface area contributed by atoms with E-state index in [2.05, 4.69) is 129 Å². The molecule has 0 aliphatic heterocycles. The quantitative estimate of drug-likeness (QED) is 0.0243. The van der Waals surface area contributed by atoms with Gasteiger partial charge in [0.05, 0.1) is 39.9 Å². The minimum absolute atomic E-state index is 0.0650. The molecule has 0 fully saturated rings. The van der Waals surface area contributed by atoms with Crippen molar-refractivity contribution < 1.29 is 32.9 Å². The Balaban J connectivity index is 4.23. The Morgan fingerprint density at radius 1 is 0.479 bits per heavy atom. The molecule has 3 unspecified atom stereocenters. The number of carbonyl (C=O) groups excluding carboxylic acids is 1. The maximum atomic E-state index is 13.0. The zero-order valence-corrected chi connectivity index (χ0v) is 48.7. The van der Waals surface area contributed by atoms with Crippen LogP contribution in [-0.2, 0) is 18.4 Å². The van der Waals surface area contributed by atoms with Crippen LogP contribution in [-0.4, -0.2) is 73.4 Å². The predicted molar refractivity (Wildman–Crippen MR) is 318 cm³/mol. The summed E-state index contributed by atoms with van der Waals surface area (Å²) in [5, 5.41) is 14.1. The van der Waals surface area contributed by atoms with Gasteiger partial charge in [-0.15, -0.1) is 0 Å². The SMILES string of the molecule is CC/C=C\C/C=C\C/C=C\C/C=C\C/C=C\C/C=C\C/C=C\C/C=C\C/C=C\CCCCCCCC(=O)NC(COP(=O)(O)OCC[N+](C)(C)C)C(O)CCCCCCCCCCCCCCCCCCCC. The first-order valence-corrected chi connectivity index (χ1v) is 31.2. The molecule has 1 amide bonds. The highest BCUT2D eigenvalue weighted by Crippen LogP contribution is 2.43. The maximum Gasteiger partial charge on any atom is 0.472 e. The van der Waals surface area contributed by atoms with Crippen LogP contribution in [0.1, 0.15) is 239 Å². The first-order chi connectivity index (χ1) is 35.5. The molecule has 0 aromatic carbocycles. The predicted octanol–water partition coefficient (Wildman–Crippen LogP) is 18.4. The number of carbonyl (C=O) groups is 1. The Bertz CT molecular complexity index is 1550. The van der Waals surface area contributed by atoms with Crippen molar-refractivity contribution in [3.8, 4) is 0 Å². The molecular weight excluding hydrogens is 924 g/mol. The van der Waals surface area contributed by atoms with Crippen molar-refractivity contribution in [2.75, 3.05) is 40.9 Å². The van der Waals surface area contributed by atoms with E-state index in [4.69, 9.17) is 9.05 Å². The number of aliphatic hydroxyl groups is 1. The highest BCUT2D eigenvalue weighted by Gasteiger charge is 2.28. The number of quaternary nitrogens is 1. The summed E-state index contributed by atoms with van der Waals surface area (Å²) in [6.45, 7) is 4.76. The van der Waals surface area contributed by atoms with E-state index in [9.17, 15) is 19.4 Å². The Labute approximate surface area is 451 Å². The van der Waals surface area contributed by atoms with E-state index in [0.29, 0.717) is 23.9 Å². The number of nitrogens with one attached hydrogen (secondary N) is 1. The first kappa shape index (κ1) is 70.2. The molecule has 0 saturated heterocycles. The number of rotatable bonds is 53. The third-order valence-corrected chi connectivity index (χ3v) is 13.8. The van der Waals surface area contributed by atoms with Crippen LogP contribution in [0.15, 0.2) is 109 Å². The van der Waals surface area contributed by atoms with Crippen LogP contribution >= 0.6 is 7.82 Å². The largest absolute Gasteiger partial charge is 0.472 e. The summed E-state index contributed by atoms with van der Waals surface area (Å²) in [6, 6.07) is -0.780. The van der Waals surface area contributed by atoms with E-state index in [1.54, 1.807) is 0 Å². The van der Waals surface area contributed by atoms with Crippen LogP contribution in [0.5, 0.6) is 0 Å². The van der Waals surface area contributed by atoms with E-state index < -0.39 is 20.0 Å². The van der Waals surface area contributed by atoms with E-state index in [0.717, 1.165) is 116 Å². The molecule has 0 heterocycles. The van der Waals surface area contributed by atoms with Gasteiger partial charge in [-0.25, -0.2) is 4.57 Å². The molecule has 8 nitrogen and oxygen atoms in total. The molecule has 0 rings (SSSR count). The highest BCUT2D eigenvalue weighted by molar-refractivity contribution is 7.47. The van der Waals surface area contributed by atoms with Gasteiger partial charge in [0.15, 0.2) is 0 Å². The molecule has 0 spiro atoms. The van der Waals surface area contributed by atoms with Gasteiger partial charge in [-0.1, -0.05) is 258 Å². The summed E-state index contributed by atoms with van der Waals surface area (Å²) in [4.78, 5) is 23.3. The van der Waals surface area contributed by atoms with Gasteiger partial charge in [0.1, 0.15) is 13.2 Å². The van der Waals surface area contributed by atoms with Gasteiger partial charge in [0, 0.05) is 6.42 Å². The van der Waals surface area contributed by atoms with Gasteiger partial charge < -0.3 is 19.8 Å². The van der Waals surface area contributed by atoms with Gasteiger partial charge in [-0.05, 0) is 83.5 Å². The summed E-state index contributed by atoms with van der Waals surface area (Å²) >= 11 is 0. The smallest absolute Gasteiger partial charge is 0.391 e. The highest BCUT2D eigenvalue weighted by atomic mass is 31.2. The van der Waals surface area contributed by atoms with E-state index in [1.165, 1.54) is 96.3 Å². The van der Waals surface area contributed by atoms with Crippen molar-refractivity contribution in [2.24, 2.45) is 0 Å². The molecule has 0 aromatic rings. The summed E-state index contributed by atoms with van der Waals surface area (Å²) in [5.41, 5.74) is 0. The monoisotopic (exact) mass is 1040 g/mol.